The van der Waals surface area contributed by atoms with Gasteiger partial charge in [0.25, 0.3) is 0 Å². The van der Waals surface area contributed by atoms with Gasteiger partial charge < -0.3 is 5.73 Å². The van der Waals surface area contributed by atoms with Crippen molar-refractivity contribution in [3.8, 4) is 0 Å². The molecule has 0 spiro atoms. The molecule has 1 aliphatic rings. The average Bonchev–Trinajstić information content (AvgIpc) is 2.83. The summed E-state index contributed by atoms with van der Waals surface area (Å²) in [5.41, 5.74) is 7.60. The Morgan fingerprint density at radius 1 is 1.59 bits per heavy atom. The third kappa shape index (κ3) is 3.25. The van der Waals surface area contributed by atoms with Crippen LogP contribution >= 0.6 is 23.1 Å². The van der Waals surface area contributed by atoms with Crippen LogP contribution in [-0.4, -0.2) is 35.0 Å². The van der Waals surface area contributed by atoms with E-state index in [1.165, 1.54) is 30.8 Å². The van der Waals surface area contributed by atoms with Crippen LogP contribution in [0, 0.1) is 0 Å². The molecule has 3 atom stereocenters. The van der Waals surface area contributed by atoms with E-state index in [1.54, 1.807) is 11.3 Å². The lowest BCUT2D eigenvalue weighted by molar-refractivity contribution is 0.182. The molecule has 0 bridgehead atoms. The van der Waals surface area contributed by atoms with E-state index in [1.807, 2.05) is 0 Å². The van der Waals surface area contributed by atoms with E-state index < -0.39 is 0 Å². The molecule has 2 N–H and O–H groups in total. The van der Waals surface area contributed by atoms with Gasteiger partial charge in [-0.05, 0) is 35.7 Å². The molecule has 0 radical (unpaired) electrons. The predicted octanol–water partition coefficient (Wildman–Crippen LogP) is 2.96. The first kappa shape index (κ1) is 13.4. The van der Waals surface area contributed by atoms with Gasteiger partial charge in [0, 0.05) is 30.1 Å². The van der Waals surface area contributed by atoms with Gasteiger partial charge in [0.15, 0.2) is 0 Å². The van der Waals surface area contributed by atoms with E-state index in [4.69, 9.17) is 5.73 Å². The minimum absolute atomic E-state index is 0.199. The van der Waals surface area contributed by atoms with Crippen molar-refractivity contribution in [1.82, 2.24) is 4.90 Å². The number of rotatable bonds is 4. The molecule has 1 aromatic rings. The summed E-state index contributed by atoms with van der Waals surface area (Å²) < 4.78 is 0. The van der Waals surface area contributed by atoms with Crippen LogP contribution in [0.15, 0.2) is 16.8 Å². The van der Waals surface area contributed by atoms with Crippen LogP contribution in [0.5, 0.6) is 0 Å². The molecule has 1 aromatic heterocycles. The number of nitrogens with zero attached hydrogens (tertiary/aromatic N) is 1. The van der Waals surface area contributed by atoms with Crippen molar-refractivity contribution in [2.24, 2.45) is 5.73 Å². The van der Waals surface area contributed by atoms with Crippen LogP contribution in [0.4, 0.5) is 0 Å². The van der Waals surface area contributed by atoms with Crippen LogP contribution in [-0.2, 0) is 0 Å². The molecule has 0 saturated carbocycles. The quantitative estimate of drug-likeness (QED) is 0.912. The molecule has 17 heavy (non-hydrogen) atoms. The second-order valence-electron chi connectivity index (χ2n) is 4.76. The Morgan fingerprint density at radius 3 is 3.00 bits per heavy atom. The standard InChI is InChI=1S/C13H22N2S2/c1-3-12-8-15(5-7-17-12)13(10(2)14)11-4-6-16-9-11/h4,6,9-10,12-13H,3,5,7-8,14H2,1-2H3. The van der Waals surface area contributed by atoms with Gasteiger partial charge in [-0.3, -0.25) is 4.90 Å². The third-order valence-electron chi connectivity index (χ3n) is 3.40. The van der Waals surface area contributed by atoms with Gasteiger partial charge in [0.1, 0.15) is 0 Å². The number of hydrogen-bond donors (Lipinski definition) is 1. The van der Waals surface area contributed by atoms with Crippen LogP contribution in [0.1, 0.15) is 31.9 Å². The fourth-order valence-electron chi connectivity index (χ4n) is 2.53. The van der Waals surface area contributed by atoms with Crippen molar-refractivity contribution < 1.29 is 0 Å². The Bertz CT molecular complexity index is 324. The van der Waals surface area contributed by atoms with Crippen molar-refractivity contribution in [2.45, 2.75) is 37.6 Å². The average molecular weight is 270 g/mol. The first-order chi connectivity index (χ1) is 8.22. The van der Waals surface area contributed by atoms with Crippen molar-refractivity contribution >= 4 is 23.1 Å². The highest BCUT2D eigenvalue weighted by atomic mass is 32.2. The summed E-state index contributed by atoms with van der Waals surface area (Å²) in [6.07, 6.45) is 1.26. The molecule has 2 heterocycles. The summed E-state index contributed by atoms with van der Waals surface area (Å²) in [6, 6.07) is 2.82. The monoisotopic (exact) mass is 270 g/mol. The van der Waals surface area contributed by atoms with Crippen molar-refractivity contribution in [2.75, 3.05) is 18.8 Å². The summed E-state index contributed by atoms with van der Waals surface area (Å²) in [7, 11) is 0. The Hall–Kier alpha value is -0.0300. The van der Waals surface area contributed by atoms with E-state index in [0.29, 0.717) is 6.04 Å². The predicted molar refractivity (Wildman–Crippen MR) is 78.8 cm³/mol. The zero-order chi connectivity index (χ0) is 12.3. The molecule has 2 rings (SSSR count). The van der Waals surface area contributed by atoms with Gasteiger partial charge in [-0.2, -0.15) is 23.1 Å². The van der Waals surface area contributed by atoms with E-state index in [9.17, 15) is 0 Å². The van der Waals surface area contributed by atoms with E-state index >= 15 is 0 Å². The molecule has 1 saturated heterocycles. The van der Waals surface area contributed by atoms with E-state index in [2.05, 4.69) is 47.3 Å². The Morgan fingerprint density at radius 2 is 2.41 bits per heavy atom. The first-order valence-corrected chi connectivity index (χ1v) is 8.34. The molecule has 3 unspecified atom stereocenters. The molecule has 1 fully saturated rings. The highest BCUT2D eigenvalue weighted by Crippen LogP contribution is 2.31. The second-order valence-corrected chi connectivity index (χ2v) is 6.94. The van der Waals surface area contributed by atoms with E-state index in [-0.39, 0.29) is 6.04 Å². The molecule has 1 aliphatic heterocycles. The molecule has 4 heteroatoms. The summed E-state index contributed by atoms with van der Waals surface area (Å²) in [6.45, 7) is 6.77. The van der Waals surface area contributed by atoms with Gasteiger partial charge >= 0.3 is 0 Å². The second kappa shape index (κ2) is 6.23. The molecular formula is C13H22N2S2. The maximum Gasteiger partial charge on any atom is 0.0505 e. The molecular weight excluding hydrogens is 248 g/mol. The largest absolute Gasteiger partial charge is 0.326 e. The highest BCUT2D eigenvalue weighted by molar-refractivity contribution is 8.00. The molecule has 0 amide bonds. The summed E-state index contributed by atoms with van der Waals surface area (Å²) in [5, 5.41) is 5.18. The lowest BCUT2D eigenvalue weighted by Crippen LogP contribution is -2.45. The summed E-state index contributed by atoms with van der Waals surface area (Å²) in [5.74, 6) is 1.24. The van der Waals surface area contributed by atoms with Gasteiger partial charge in [-0.1, -0.05) is 6.92 Å². The normalized spacial score (nSPS) is 25.7. The van der Waals surface area contributed by atoms with Gasteiger partial charge in [0.2, 0.25) is 0 Å². The molecule has 2 nitrogen and oxygen atoms in total. The third-order valence-corrected chi connectivity index (χ3v) is 5.48. The number of nitrogens with two attached hydrogens (primary N) is 1. The minimum Gasteiger partial charge on any atom is -0.326 e. The van der Waals surface area contributed by atoms with Crippen LogP contribution in [0.2, 0.25) is 0 Å². The highest BCUT2D eigenvalue weighted by Gasteiger charge is 2.28. The summed E-state index contributed by atoms with van der Waals surface area (Å²) in [4.78, 5) is 2.58. The fourth-order valence-corrected chi connectivity index (χ4v) is 4.43. The van der Waals surface area contributed by atoms with Gasteiger partial charge in [0.05, 0.1) is 6.04 Å². The van der Waals surface area contributed by atoms with Crippen LogP contribution < -0.4 is 5.73 Å². The van der Waals surface area contributed by atoms with Crippen LogP contribution in [0.3, 0.4) is 0 Å². The maximum atomic E-state index is 6.20. The fraction of sp³-hybridized carbons (Fsp3) is 0.692. The van der Waals surface area contributed by atoms with Crippen molar-refractivity contribution in [1.29, 1.82) is 0 Å². The van der Waals surface area contributed by atoms with Crippen molar-refractivity contribution in [3.63, 3.8) is 0 Å². The lowest BCUT2D eigenvalue weighted by Gasteiger charge is -2.39. The topological polar surface area (TPSA) is 29.3 Å². The molecule has 96 valence electrons. The Labute approximate surface area is 113 Å². The first-order valence-electron chi connectivity index (χ1n) is 6.35. The number of hydrogen-bond acceptors (Lipinski definition) is 4. The Balaban J connectivity index is 2.11. The maximum absolute atomic E-state index is 6.20. The van der Waals surface area contributed by atoms with Crippen LogP contribution in [0.25, 0.3) is 0 Å². The zero-order valence-corrected chi connectivity index (χ0v) is 12.3. The minimum atomic E-state index is 0.199. The lowest BCUT2D eigenvalue weighted by atomic mass is 10.0. The van der Waals surface area contributed by atoms with Gasteiger partial charge in [-0.15, -0.1) is 0 Å². The van der Waals surface area contributed by atoms with Crippen molar-refractivity contribution in [3.05, 3.63) is 22.4 Å². The smallest absolute Gasteiger partial charge is 0.0505 e. The zero-order valence-electron chi connectivity index (χ0n) is 10.6. The van der Waals surface area contributed by atoms with Gasteiger partial charge in [-0.25, -0.2) is 0 Å². The molecule has 0 aromatic carbocycles. The number of thiophene rings is 1. The number of thioether (sulfide) groups is 1. The summed E-state index contributed by atoms with van der Waals surface area (Å²) >= 11 is 3.88. The SMILES string of the molecule is CCC1CN(C(c2ccsc2)C(C)N)CCS1. The Kier molecular flexibility index (Phi) is 4.91. The van der Waals surface area contributed by atoms with E-state index in [0.717, 1.165) is 5.25 Å². The molecule has 0 aliphatic carbocycles.